The van der Waals surface area contributed by atoms with Crippen LogP contribution in [0.4, 0.5) is 0 Å². The SMILES string of the molecule is CC(C)c1ccc2c(c1)-c1cc3c(cc1C2)C(C)CC3(C)C(C)C. The van der Waals surface area contributed by atoms with Crippen LogP contribution in [0, 0.1) is 5.92 Å². The first-order valence-corrected chi connectivity index (χ1v) is 9.61. The largest absolute Gasteiger partial charge is 0.0619 e. The standard InChI is InChI=1S/C24H30/c1-14(2)17-7-8-18-9-19-11-20-16(5)13-24(6,15(3)4)23(20)12-22(19)21(18)10-17/h7-8,10-12,14-16H,9,13H2,1-6H3. The van der Waals surface area contributed by atoms with Gasteiger partial charge in [0, 0.05) is 0 Å². The smallest absolute Gasteiger partial charge is 0.00133 e. The molecule has 2 atom stereocenters. The Balaban J connectivity index is 1.90. The molecule has 0 N–H and O–H groups in total. The molecule has 0 bridgehead atoms. The second-order valence-electron chi connectivity index (χ2n) is 9.02. The lowest BCUT2D eigenvalue weighted by molar-refractivity contribution is 0.324. The highest BCUT2D eigenvalue weighted by Gasteiger charge is 2.41. The van der Waals surface area contributed by atoms with Crippen LogP contribution in [0.3, 0.4) is 0 Å². The van der Waals surface area contributed by atoms with Crippen LogP contribution in [0.25, 0.3) is 11.1 Å². The minimum atomic E-state index is 0.322. The van der Waals surface area contributed by atoms with E-state index in [-0.39, 0.29) is 0 Å². The summed E-state index contributed by atoms with van der Waals surface area (Å²) in [5.74, 6) is 1.96. The number of benzene rings is 2. The molecular weight excluding hydrogens is 288 g/mol. The molecule has 2 aromatic rings. The Labute approximate surface area is 147 Å². The van der Waals surface area contributed by atoms with Gasteiger partial charge < -0.3 is 0 Å². The maximum Gasteiger partial charge on any atom is -0.00133 e. The van der Waals surface area contributed by atoms with E-state index in [1.54, 1.807) is 16.7 Å². The molecule has 2 unspecified atom stereocenters. The van der Waals surface area contributed by atoms with Gasteiger partial charge in [-0.2, -0.15) is 0 Å². The Morgan fingerprint density at radius 2 is 1.67 bits per heavy atom. The highest BCUT2D eigenvalue weighted by molar-refractivity contribution is 5.79. The third kappa shape index (κ3) is 2.11. The summed E-state index contributed by atoms with van der Waals surface area (Å²) in [5, 5.41) is 0. The first-order valence-electron chi connectivity index (χ1n) is 9.61. The molecule has 2 aromatic carbocycles. The van der Waals surface area contributed by atoms with Gasteiger partial charge in [0.1, 0.15) is 0 Å². The summed E-state index contributed by atoms with van der Waals surface area (Å²) < 4.78 is 0. The quantitative estimate of drug-likeness (QED) is 0.487. The molecule has 126 valence electrons. The van der Waals surface area contributed by atoms with Crippen molar-refractivity contribution in [1.29, 1.82) is 0 Å². The van der Waals surface area contributed by atoms with E-state index in [1.165, 1.54) is 28.7 Å². The molecule has 4 rings (SSSR count). The molecule has 0 fully saturated rings. The third-order valence-electron chi connectivity index (χ3n) is 6.90. The molecule has 0 aromatic heterocycles. The van der Waals surface area contributed by atoms with E-state index in [2.05, 4.69) is 71.9 Å². The Kier molecular flexibility index (Phi) is 3.46. The molecule has 0 saturated carbocycles. The topological polar surface area (TPSA) is 0 Å². The van der Waals surface area contributed by atoms with E-state index >= 15 is 0 Å². The normalized spacial score (nSPS) is 24.4. The van der Waals surface area contributed by atoms with Crippen LogP contribution in [0.15, 0.2) is 30.3 Å². The molecule has 0 radical (unpaired) electrons. The van der Waals surface area contributed by atoms with Crippen LogP contribution >= 0.6 is 0 Å². The zero-order valence-corrected chi connectivity index (χ0v) is 16.0. The summed E-state index contributed by atoms with van der Waals surface area (Å²) in [6.07, 6.45) is 2.41. The van der Waals surface area contributed by atoms with Gasteiger partial charge in [-0.05, 0) is 75.0 Å². The molecule has 24 heavy (non-hydrogen) atoms. The van der Waals surface area contributed by atoms with Crippen LogP contribution in [0.2, 0.25) is 0 Å². The van der Waals surface area contributed by atoms with Gasteiger partial charge in [0.2, 0.25) is 0 Å². The lowest BCUT2D eigenvalue weighted by Gasteiger charge is -2.31. The van der Waals surface area contributed by atoms with Crippen molar-refractivity contribution >= 4 is 0 Å². The van der Waals surface area contributed by atoms with Gasteiger partial charge in [0.25, 0.3) is 0 Å². The average Bonchev–Trinajstić information content (AvgIpc) is 3.01. The van der Waals surface area contributed by atoms with Crippen molar-refractivity contribution in [3.63, 3.8) is 0 Å². The van der Waals surface area contributed by atoms with E-state index in [0.717, 1.165) is 6.42 Å². The summed E-state index contributed by atoms with van der Waals surface area (Å²) in [6.45, 7) is 14.2. The van der Waals surface area contributed by atoms with Gasteiger partial charge in [-0.1, -0.05) is 71.9 Å². The fraction of sp³-hybridized carbons (Fsp3) is 0.500. The van der Waals surface area contributed by atoms with Gasteiger partial charge in [-0.15, -0.1) is 0 Å². The van der Waals surface area contributed by atoms with Gasteiger partial charge in [-0.3, -0.25) is 0 Å². The Bertz CT molecular complexity index is 809. The first kappa shape index (κ1) is 15.9. The second kappa shape index (κ2) is 5.22. The lowest BCUT2D eigenvalue weighted by Crippen LogP contribution is -2.25. The van der Waals surface area contributed by atoms with Crippen molar-refractivity contribution < 1.29 is 0 Å². The molecule has 0 heterocycles. The van der Waals surface area contributed by atoms with E-state index in [4.69, 9.17) is 0 Å². The Hall–Kier alpha value is -1.56. The number of hydrogen-bond acceptors (Lipinski definition) is 0. The number of hydrogen-bond donors (Lipinski definition) is 0. The predicted octanol–water partition coefficient (Wildman–Crippen LogP) is 6.80. The van der Waals surface area contributed by atoms with Crippen LogP contribution in [-0.2, 0) is 11.8 Å². The average molecular weight is 319 g/mol. The van der Waals surface area contributed by atoms with Crippen molar-refractivity contribution in [3.8, 4) is 11.1 Å². The van der Waals surface area contributed by atoms with E-state index < -0.39 is 0 Å². The molecule has 2 aliphatic carbocycles. The van der Waals surface area contributed by atoms with E-state index in [0.29, 0.717) is 23.2 Å². The van der Waals surface area contributed by atoms with Crippen molar-refractivity contribution in [3.05, 3.63) is 58.1 Å². The summed E-state index contributed by atoms with van der Waals surface area (Å²) in [5.41, 5.74) is 11.1. The van der Waals surface area contributed by atoms with Crippen LogP contribution < -0.4 is 0 Å². The minimum Gasteiger partial charge on any atom is -0.0619 e. The Morgan fingerprint density at radius 1 is 0.958 bits per heavy atom. The third-order valence-corrected chi connectivity index (χ3v) is 6.90. The molecule has 0 spiro atoms. The molecular formula is C24H30. The maximum atomic E-state index is 2.56. The summed E-state index contributed by atoms with van der Waals surface area (Å²) in [6, 6.07) is 12.2. The summed E-state index contributed by atoms with van der Waals surface area (Å²) in [7, 11) is 0. The monoisotopic (exact) mass is 318 g/mol. The van der Waals surface area contributed by atoms with Crippen molar-refractivity contribution in [2.75, 3.05) is 0 Å². The zero-order chi connectivity index (χ0) is 17.2. The van der Waals surface area contributed by atoms with Gasteiger partial charge >= 0.3 is 0 Å². The van der Waals surface area contributed by atoms with E-state index in [1.807, 2.05) is 0 Å². The summed E-state index contributed by atoms with van der Waals surface area (Å²) in [4.78, 5) is 0. The molecule has 0 amide bonds. The lowest BCUT2D eigenvalue weighted by atomic mass is 9.73. The molecule has 0 aliphatic heterocycles. The highest BCUT2D eigenvalue weighted by Crippen LogP contribution is 2.53. The van der Waals surface area contributed by atoms with Crippen molar-refractivity contribution in [2.45, 2.75) is 71.6 Å². The second-order valence-corrected chi connectivity index (χ2v) is 9.02. The zero-order valence-electron chi connectivity index (χ0n) is 16.0. The van der Waals surface area contributed by atoms with E-state index in [9.17, 15) is 0 Å². The Morgan fingerprint density at radius 3 is 2.33 bits per heavy atom. The predicted molar refractivity (Wildman–Crippen MR) is 104 cm³/mol. The molecule has 0 heteroatoms. The number of fused-ring (bicyclic) bond motifs is 4. The van der Waals surface area contributed by atoms with Crippen LogP contribution in [0.5, 0.6) is 0 Å². The fourth-order valence-corrected chi connectivity index (χ4v) is 4.93. The summed E-state index contributed by atoms with van der Waals surface area (Å²) >= 11 is 0. The minimum absolute atomic E-state index is 0.322. The first-order chi connectivity index (χ1) is 11.3. The highest BCUT2D eigenvalue weighted by atomic mass is 14.5. The molecule has 0 saturated heterocycles. The number of rotatable bonds is 2. The van der Waals surface area contributed by atoms with Crippen molar-refractivity contribution in [1.82, 2.24) is 0 Å². The fourth-order valence-electron chi connectivity index (χ4n) is 4.93. The maximum absolute atomic E-state index is 2.56. The molecule has 2 aliphatic rings. The molecule has 0 nitrogen and oxygen atoms in total. The van der Waals surface area contributed by atoms with Gasteiger partial charge in [0.05, 0.1) is 0 Å². The van der Waals surface area contributed by atoms with Crippen molar-refractivity contribution in [2.24, 2.45) is 5.92 Å². The van der Waals surface area contributed by atoms with Crippen LogP contribution in [0.1, 0.15) is 87.6 Å². The van der Waals surface area contributed by atoms with Gasteiger partial charge in [-0.25, -0.2) is 0 Å². The van der Waals surface area contributed by atoms with Crippen LogP contribution in [-0.4, -0.2) is 0 Å². The van der Waals surface area contributed by atoms with Gasteiger partial charge in [0.15, 0.2) is 0 Å².